The third-order valence-corrected chi connectivity index (χ3v) is 3.09. The van der Waals surface area contributed by atoms with Gasteiger partial charge in [-0.05, 0) is 30.9 Å². The Balaban J connectivity index is 1.94. The van der Waals surface area contributed by atoms with Crippen molar-refractivity contribution in [1.82, 2.24) is 0 Å². The van der Waals surface area contributed by atoms with Gasteiger partial charge >= 0.3 is 0 Å². The average molecular weight is 236 g/mol. The van der Waals surface area contributed by atoms with Gasteiger partial charge in [0.1, 0.15) is 11.5 Å². The van der Waals surface area contributed by atoms with E-state index in [1.54, 1.807) is 0 Å². The molecule has 1 aromatic carbocycles. The first-order valence-electron chi connectivity index (χ1n) is 5.80. The highest BCUT2D eigenvalue weighted by molar-refractivity contribution is 5.98. The number of ketones is 1. The molecule has 1 atom stereocenters. The minimum absolute atomic E-state index is 0.0387. The van der Waals surface area contributed by atoms with Gasteiger partial charge in [0.05, 0.1) is 5.56 Å². The molecule has 0 saturated carbocycles. The van der Waals surface area contributed by atoms with Gasteiger partial charge in [-0.25, -0.2) is 0 Å². The number of hydrogen-bond acceptors (Lipinski definition) is 4. The quantitative estimate of drug-likeness (QED) is 0.785. The Morgan fingerprint density at radius 3 is 2.88 bits per heavy atom. The summed E-state index contributed by atoms with van der Waals surface area (Å²) in [5, 5.41) is 18.7. The number of Topliss-reactive ketones (excluding diaryl/α,β-unsaturated/α-hetero) is 1. The van der Waals surface area contributed by atoms with Gasteiger partial charge in [-0.15, -0.1) is 0 Å². The maximum Gasteiger partial charge on any atom is 0.166 e. The molecule has 0 bridgehead atoms. The topological polar surface area (TPSA) is 66.8 Å². The Labute approximate surface area is 99.8 Å². The molecule has 92 valence electrons. The van der Waals surface area contributed by atoms with E-state index in [0.29, 0.717) is 12.3 Å². The van der Waals surface area contributed by atoms with Crippen LogP contribution in [0.3, 0.4) is 0 Å². The van der Waals surface area contributed by atoms with Gasteiger partial charge in [-0.2, -0.15) is 0 Å². The molecule has 1 heterocycles. The lowest BCUT2D eigenvalue weighted by atomic mass is 9.98. The van der Waals surface area contributed by atoms with Crippen LogP contribution in [0.1, 0.15) is 29.6 Å². The number of carbonyl (C=O) groups excluding carboxylic acids is 1. The summed E-state index contributed by atoms with van der Waals surface area (Å²) < 4.78 is 5.24. The van der Waals surface area contributed by atoms with Crippen molar-refractivity contribution in [3.63, 3.8) is 0 Å². The Morgan fingerprint density at radius 2 is 2.24 bits per heavy atom. The van der Waals surface area contributed by atoms with E-state index in [1.807, 2.05) is 0 Å². The first-order chi connectivity index (χ1) is 8.16. The molecule has 4 heteroatoms. The Morgan fingerprint density at radius 1 is 1.41 bits per heavy atom. The summed E-state index contributed by atoms with van der Waals surface area (Å²) in [6, 6.07) is 4.05. The van der Waals surface area contributed by atoms with Gasteiger partial charge < -0.3 is 14.9 Å². The summed E-state index contributed by atoms with van der Waals surface area (Å²) in [7, 11) is 0. The predicted octanol–water partition coefficient (Wildman–Crippen LogP) is 2.10. The summed E-state index contributed by atoms with van der Waals surface area (Å²) in [4.78, 5) is 11.9. The van der Waals surface area contributed by atoms with Gasteiger partial charge in [-0.1, -0.05) is 0 Å². The molecule has 4 nitrogen and oxygen atoms in total. The molecule has 1 aliphatic rings. The fraction of sp³-hybridized carbons (Fsp3) is 0.462. The SMILES string of the molecule is O=C(CCC1CCOC1)c1ccc(O)cc1O. The summed E-state index contributed by atoms with van der Waals surface area (Å²) in [5.74, 6) is 0.175. The molecule has 2 N–H and O–H groups in total. The van der Waals surface area contributed by atoms with Crippen LogP contribution in [0.15, 0.2) is 18.2 Å². The lowest BCUT2D eigenvalue weighted by Gasteiger charge is -2.07. The van der Waals surface area contributed by atoms with E-state index >= 15 is 0 Å². The monoisotopic (exact) mass is 236 g/mol. The van der Waals surface area contributed by atoms with Crippen LogP contribution in [-0.4, -0.2) is 29.2 Å². The number of ether oxygens (including phenoxy) is 1. The van der Waals surface area contributed by atoms with E-state index in [-0.39, 0.29) is 22.8 Å². The van der Waals surface area contributed by atoms with Crippen LogP contribution in [0.4, 0.5) is 0 Å². The first-order valence-corrected chi connectivity index (χ1v) is 5.80. The highest BCUT2D eigenvalue weighted by Gasteiger charge is 2.18. The van der Waals surface area contributed by atoms with Crippen molar-refractivity contribution < 1.29 is 19.7 Å². The van der Waals surface area contributed by atoms with E-state index in [9.17, 15) is 9.90 Å². The molecule has 1 fully saturated rings. The lowest BCUT2D eigenvalue weighted by Crippen LogP contribution is -2.05. The summed E-state index contributed by atoms with van der Waals surface area (Å²) in [6.07, 6.45) is 2.21. The molecule has 1 aromatic rings. The van der Waals surface area contributed by atoms with E-state index in [4.69, 9.17) is 9.84 Å². The zero-order chi connectivity index (χ0) is 12.3. The average Bonchev–Trinajstić information content (AvgIpc) is 2.78. The predicted molar refractivity (Wildman–Crippen MR) is 62.3 cm³/mol. The largest absolute Gasteiger partial charge is 0.508 e. The number of benzene rings is 1. The second-order valence-corrected chi connectivity index (χ2v) is 4.39. The number of phenols is 2. The molecule has 17 heavy (non-hydrogen) atoms. The van der Waals surface area contributed by atoms with Crippen LogP contribution >= 0.6 is 0 Å². The second-order valence-electron chi connectivity index (χ2n) is 4.39. The Bertz CT molecular complexity index is 408. The van der Waals surface area contributed by atoms with Crippen LogP contribution in [0.25, 0.3) is 0 Å². The van der Waals surface area contributed by atoms with Crippen molar-refractivity contribution >= 4 is 5.78 Å². The third-order valence-electron chi connectivity index (χ3n) is 3.09. The van der Waals surface area contributed by atoms with E-state index in [1.165, 1.54) is 18.2 Å². The summed E-state index contributed by atoms with van der Waals surface area (Å²) >= 11 is 0. The molecule has 1 aliphatic heterocycles. The molecule has 1 saturated heterocycles. The highest BCUT2D eigenvalue weighted by atomic mass is 16.5. The smallest absolute Gasteiger partial charge is 0.166 e. The van der Waals surface area contributed by atoms with Crippen LogP contribution in [0, 0.1) is 5.92 Å². The minimum atomic E-state index is -0.155. The van der Waals surface area contributed by atoms with E-state index < -0.39 is 0 Å². The zero-order valence-corrected chi connectivity index (χ0v) is 9.56. The molecule has 2 rings (SSSR count). The van der Waals surface area contributed by atoms with Gasteiger partial charge in [-0.3, -0.25) is 4.79 Å². The fourth-order valence-corrected chi connectivity index (χ4v) is 2.04. The molecule has 0 aliphatic carbocycles. The Hall–Kier alpha value is -1.55. The normalized spacial score (nSPS) is 19.4. The van der Waals surface area contributed by atoms with E-state index in [0.717, 1.165) is 26.1 Å². The molecule has 0 spiro atoms. The zero-order valence-electron chi connectivity index (χ0n) is 9.56. The lowest BCUT2D eigenvalue weighted by molar-refractivity contribution is 0.0969. The second kappa shape index (κ2) is 5.19. The number of rotatable bonds is 4. The van der Waals surface area contributed by atoms with Crippen LogP contribution in [-0.2, 0) is 4.74 Å². The van der Waals surface area contributed by atoms with Crippen molar-refractivity contribution in [2.45, 2.75) is 19.3 Å². The van der Waals surface area contributed by atoms with Gasteiger partial charge in [0, 0.05) is 25.7 Å². The number of carbonyl (C=O) groups is 1. The van der Waals surface area contributed by atoms with Gasteiger partial charge in [0.25, 0.3) is 0 Å². The van der Waals surface area contributed by atoms with Crippen molar-refractivity contribution in [2.75, 3.05) is 13.2 Å². The molecule has 1 unspecified atom stereocenters. The molecular formula is C13H16O4. The van der Waals surface area contributed by atoms with Crippen molar-refractivity contribution in [3.8, 4) is 11.5 Å². The third kappa shape index (κ3) is 2.97. The standard InChI is InChI=1S/C13H16O4/c14-10-2-3-11(13(16)7-10)12(15)4-1-9-5-6-17-8-9/h2-3,7,9,14,16H,1,4-6,8H2. The summed E-state index contributed by atoms with van der Waals surface area (Å²) in [5.41, 5.74) is 0.279. The summed E-state index contributed by atoms with van der Waals surface area (Å²) in [6.45, 7) is 1.51. The highest BCUT2D eigenvalue weighted by Crippen LogP contribution is 2.25. The van der Waals surface area contributed by atoms with Gasteiger partial charge in [0.15, 0.2) is 5.78 Å². The molecule has 0 radical (unpaired) electrons. The van der Waals surface area contributed by atoms with Crippen molar-refractivity contribution in [2.24, 2.45) is 5.92 Å². The van der Waals surface area contributed by atoms with Crippen LogP contribution in [0.2, 0.25) is 0 Å². The Kier molecular flexibility index (Phi) is 3.64. The van der Waals surface area contributed by atoms with Crippen LogP contribution < -0.4 is 0 Å². The van der Waals surface area contributed by atoms with Crippen LogP contribution in [0.5, 0.6) is 11.5 Å². The van der Waals surface area contributed by atoms with Gasteiger partial charge in [0.2, 0.25) is 0 Å². The van der Waals surface area contributed by atoms with Crippen molar-refractivity contribution in [1.29, 1.82) is 0 Å². The van der Waals surface area contributed by atoms with Crippen molar-refractivity contribution in [3.05, 3.63) is 23.8 Å². The molecule has 0 amide bonds. The maximum atomic E-state index is 11.9. The minimum Gasteiger partial charge on any atom is -0.508 e. The maximum absolute atomic E-state index is 11.9. The molecular weight excluding hydrogens is 220 g/mol. The fourth-order valence-electron chi connectivity index (χ4n) is 2.04. The molecule has 0 aromatic heterocycles. The number of hydrogen-bond donors (Lipinski definition) is 2. The number of phenolic OH excluding ortho intramolecular Hbond substituents is 2. The first kappa shape index (κ1) is 11.9. The van der Waals surface area contributed by atoms with E-state index in [2.05, 4.69) is 0 Å². The number of aromatic hydroxyl groups is 2.